The van der Waals surface area contributed by atoms with Crippen molar-refractivity contribution >= 4 is 34.1 Å². The Hall–Kier alpha value is -4.70. The largest absolute Gasteiger partial charge is 0.283 e. The number of rotatable bonds is 2. The third-order valence-corrected chi connectivity index (χ3v) is 8.94. The summed E-state index contributed by atoms with van der Waals surface area (Å²) in [7, 11) is 0. The zero-order valence-electron chi connectivity index (χ0n) is 20.6. The lowest BCUT2D eigenvalue weighted by Gasteiger charge is -2.38. The highest BCUT2D eigenvalue weighted by Crippen LogP contribution is 2.62. The summed E-state index contributed by atoms with van der Waals surface area (Å²) in [4.78, 5) is 61.7. The van der Waals surface area contributed by atoms with Crippen molar-refractivity contribution in [1.29, 1.82) is 0 Å². The van der Waals surface area contributed by atoms with Gasteiger partial charge in [-0.3, -0.25) is 34.0 Å². The molecule has 0 saturated carbocycles. The van der Waals surface area contributed by atoms with Crippen molar-refractivity contribution in [3.05, 3.63) is 105 Å². The fourth-order valence-electron chi connectivity index (χ4n) is 7.61. The van der Waals surface area contributed by atoms with Crippen LogP contribution < -0.4 is 10.5 Å². The Morgan fingerprint density at radius 1 is 0.949 bits per heavy atom. The Balaban J connectivity index is 1.42. The quantitative estimate of drug-likeness (QED) is 0.227. The van der Waals surface area contributed by atoms with E-state index in [1.165, 1.54) is 18.2 Å². The summed E-state index contributed by atoms with van der Waals surface area (Å²) in [5, 5.41) is 11.9. The number of carbonyl (C=O) groups excluding carboxylic acids is 2. The molecule has 10 heteroatoms. The van der Waals surface area contributed by atoms with Crippen molar-refractivity contribution in [3.8, 4) is 5.69 Å². The number of nitro groups is 1. The molecule has 3 fully saturated rings. The standard InChI is InChI=1S/C29H21N5O5/c35-25-18-9-1-3-11-20(18)30-28-29(19-10-2-4-12-21(19)33(25)28)24-23(22-13-6-14-31(22)29)26(36)32(27(24)37)16-7-5-8-17(15-16)34(38)39/h1-5,7-12,15,22-24H,6,13-14H2/t22-,23+,24+,29+/m0/s1. The van der Waals surface area contributed by atoms with E-state index in [4.69, 9.17) is 4.98 Å². The number of carbonyl (C=O) groups is 2. The van der Waals surface area contributed by atoms with Gasteiger partial charge in [0.05, 0.1) is 39.0 Å². The molecule has 5 heterocycles. The summed E-state index contributed by atoms with van der Waals surface area (Å²) in [6.45, 7) is 0.659. The molecule has 3 saturated heterocycles. The number of para-hydroxylation sites is 2. The monoisotopic (exact) mass is 519 g/mol. The van der Waals surface area contributed by atoms with Crippen LogP contribution in [0, 0.1) is 22.0 Å². The third-order valence-electron chi connectivity index (χ3n) is 8.94. The first-order valence-electron chi connectivity index (χ1n) is 13.0. The minimum absolute atomic E-state index is 0.184. The molecule has 3 aromatic carbocycles. The fourth-order valence-corrected chi connectivity index (χ4v) is 7.61. The first kappa shape index (κ1) is 22.3. The van der Waals surface area contributed by atoms with Gasteiger partial charge in [-0.15, -0.1) is 0 Å². The van der Waals surface area contributed by atoms with E-state index in [0.717, 1.165) is 23.3 Å². The van der Waals surface area contributed by atoms with Crippen LogP contribution in [0.2, 0.25) is 0 Å². The number of aromatic nitrogens is 2. The van der Waals surface area contributed by atoms with Crippen molar-refractivity contribution in [3.63, 3.8) is 0 Å². The first-order chi connectivity index (χ1) is 18.9. The highest BCUT2D eigenvalue weighted by Gasteiger charge is 2.73. The van der Waals surface area contributed by atoms with E-state index in [2.05, 4.69) is 4.90 Å². The normalized spacial score (nSPS) is 26.8. The van der Waals surface area contributed by atoms with Gasteiger partial charge < -0.3 is 0 Å². The van der Waals surface area contributed by atoms with Gasteiger partial charge in [-0.1, -0.05) is 36.4 Å². The number of hydrogen-bond acceptors (Lipinski definition) is 7. The number of imide groups is 1. The average Bonchev–Trinajstić information content (AvgIpc) is 3.66. The smallest absolute Gasteiger partial charge is 0.271 e. The SMILES string of the molecule is O=C1[C@@H]2[C@@H]3CCCN3[C@]3(c4ccccc4-n4c3nc3ccccc3c4=O)[C@H]2C(=O)N1c1cccc([N+](=O)[O-])c1. The van der Waals surface area contributed by atoms with Gasteiger partial charge in [-0.05, 0) is 43.7 Å². The summed E-state index contributed by atoms with van der Waals surface area (Å²) < 4.78 is 1.61. The van der Waals surface area contributed by atoms with Crippen molar-refractivity contribution in [2.75, 3.05) is 11.4 Å². The van der Waals surface area contributed by atoms with Crippen molar-refractivity contribution < 1.29 is 14.5 Å². The minimum Gasteiger partial charge on any atom is -0.283 e. The van der Waals surface area contributed by atoms with Crippen LogP contribution in [0.15, 0.2) is 77.6 Å². The molecule has 4 atom stereocenters. The molecule has 0 unspecified atom stereocenters. The molecule has 0 bridgehead atoms. The Morgan fingerprint density at radius 2 is 1.74 bits per heavy atom. The van der Waals surface area contributed by atoms with Crippen molar-refractivity contribution in [2.24, 2.45) is 11.8 Å². The fraction of sp³-hybridized carbons (Fsp3) is 0.241. The van der Waals surface area contributed by atoms with Gasteiger partial charge in [-0.25, -0.2) is 9.88 Å². The van der Waals surface area contributed by atoms with Gasteiger partial charge in [0.25, 0.3) is 11.2 Å². The predicted octanol–water partition coefficient (Wildman–Crippen LogP) is 3.13. The van der Waals surface area contributed by atoms with Gasteiger partial charge in [-0.2, -0.15) is 0 Å². The number of amides is 2. The highest BCUT2D eigenvalue weighted by atomic mass is 16.6. The maximum Gasteiger partial charge on any atom is 0.271 e. The zero-order valence-corrected chi connectivity index (χ0v) is 20.6. The first-order valence-corrected chi connectivity index (χ1v) is 13.0. The topological polar surface area (TPSA) is 119 Å². The number of hydrogen-bond donors (Lipinski definition) is 0. The lowest BCUT2D eigenvalue weighted by atomic mass is 9.75. The van der Waals surface area contributed by atoms with E-state index in [0.29, 0.717) is 29.0 Å². The molecule has 39 heavy (non-hydrogen) atoms. The molecular weight excluding hydrogens is 498 g/mol. The number of fused-ring (bicyclic) bond motifs is 11. The van der Waals surface area contributed by atoms with Crippen LogP contribution >= 0.6 is 0 Å². The van der Waals surface area contributed by atoms with Crippen LogP contribution in [0.4, 0.5) is 11.4 Å². The maximum atomic E-state index is 14.4. The molecule has 1 aromatic heterocycles. The molecule has 1 spiro atoms. The second-order valence-corrected chi connectivity index (χ2v) is 10.6. The molecule has 2 amide bonds. The van der Waals surface area contributed by atoms with Crippen LogP contribution in [0.3, 0.4) is 0 Å². The zero-order chi connectivity index (χ0) is 26.6. The summed E-state index contributed by atoms with van der Waals surface area (Å²) in [5.74, 6) is -1.84. The Bertz CT molecular complexity index is 1850. The maximum absolute atomic E-state index is 14.4. The van der Waals surface area contributed by atoms with E-state index >= 15 is 0 Å². The second-order valence-electron chi connectivity index (χ2n) is 10.6. The van der Waals surface area contributed by atoms with Crippen LogP contribution in [0.25, 0.3) is 16.6 Å². The Labute approximate surface area is 221 Å². The van der Waals surface area contributed by atoms with Gasteiger partial charge in [0.2, 0.25) is 11.8 Å². The number of nitro benzene ring substituents is 1. The van der Waals surface area contributed by atoms with Crippen molar-refractivity contribution in [2.45, 2.75) is 24.4 Å². The number of benzene rings is 3. The number of anilines is 1. The van der Waals surface area contributed by atoms with Crippen LogP contribution in [0.5, 0.6) is 0 Å². The lowest BCUT2D eigenvalue weighted by Crippen LogP contribution is -2.51. The van der Waals surface area contributed by atoms with Gasteiger partial charge >= 0.3 is 0 Å². The minimum atomic E-state index is -1.12. The lowest BCUT2D eigenvalue weighted by molar-refractivity contribution is -0.384. The van der Waals surface area contributed by atoms with E-state index in [1.807, 2.05) is 30.3 Å². The molecule has 4 aliphatic heterocycles. The van der Waals surface area contributed by atoms with Crippen LogP contribution in [0.1, 0.15) is 24.2 Å². The number of non-ortho nitro benzene ring substituents is 1. The molecule has 8 rings (SSSR count). The summed E-state index contributed by atoms with van der Waals surface area (Å²) >= 11 is 0. The molecule has 0 N–H and O–H groups in total. The second kappa shape index (κ2) is 7.45. The highest BCUT2D eigenvalue weighted by molar-refractivity contribution is 6.23. The van der Waals surface area contributed by atoms with Crippen molar-refractivity contribution in [1.82, 2.24) is 14.5 Å². The summed E-state index contributed by atoms with van der Waals surface area (Å²) in [6.07, 6.45) is 1.57. The number of nitrogens with zero attached hydrogens (tertiary/aromatic N) is 5. The molecule has 10 nitrogen and oxygen atoms in total. The van der Waals surface area contributed by atoms with E-state index in [9.17, 15) is 24.5 Å². The van der Waals surface area contributed by atoms with E-state index in [1.54, 1.807) is 28.8 Å². The molecular formula is C29H21N5O5. The summed E-state index contributed by atoms with van der Waals surface area (Å²) in [5.41, 5.74) is 0.636. The predicted molar refractivity (Wildman–Crippen MR) is 140 cm³/mol. The molecule has 0 radical (unpaired) electrons. The van der Waals surface area contributed by atoms with Crippen LogP contribution in [-0.2, 0) is 15.1 Å². The van der Waals surface area contributed by atoms with Gasteiger partial charge in [0.1, 0.15) is 11.4 Å². The summed E-state index contributed by atoms with van der Waals surface area (Å²) in [6, 6.07) is 20.1. The molecule has 4 aliphatic rings. The average molecular weight is 520 g/mol. The Morgan fingerprint density at radius 3 is 2.59 bits per heavy atom. The molecule has 4 aromatic rings. The Kier molecular flexibility index (Phi) is 4.26. The molecule has 192 valence electrons. The van der Waals surface area contributed by atoms with Gasteiger partial charge in [0, 0.05) is 23.7 Å². The van der Waals surface area contributed by atoms with E-state index < -0.39 is 28.2 Å². The third kappa shape index (κ3) is 2.54. The van der Waals surface area contributed by atoms with E-state index in [-0.39, 0.29) is 28.9 Å². The van der Waals surface area contributed by atoms with Crippen LogP contribution in [-0.4, -0.2) is 43.8 Å². The molecule has 0 aliphatic carbocycles. The van der Waals surface area contributed by atoms with Gasteiger partial charge in [0.15, 0.2) is 0 Å².